The van der Waals surface area contributed by atoms with Crippen LogP contribution in [-0.4, -0.2) is 43.1 Å². The Kier molecular flexibility index (Phi) is 5.23. The van der Waals surface area contributed by atoms with E-state index >= 15 is 0 Å². The number of hydrogen-bond donors (Lipinski definition) is 2. The molecule has 0 radical (unpaired) electrons. The molecule has 1 amide bonds. The summed E-state index contributed by atoms with van der Waals surface area (Å²) in [6.07, 6.45) is 3.13. The van der Waals surface area contributed by atoms with Crippen LogP contribution in [0.1, 0.15) is 16.8 Å². The van der Waals surface area contributed by atoms with Crippen molar-refractivity contribution in [2.45, 2.75) is 20.0 Å². The minimum Gasteiger partial charge on any atom is -0.480 e. The number of amides is 1. The summed E-state index contributed by atoms with van der Waals surface area (Å²) in [4.78, 5) is 34.1. The van der Waals surface area contributed by atoms with Crippen LogP contribution in [0.4, 0.5) is 10.5 Å². The van der Waals surface area contributed by atoms with Gasteiger partial charge in [0.05, 0.1) is 23.3 Å². The molecule has 166 valence electrons. The second kappa shape index (κ2) is 8.36. The van der Waals surface area contributed by atoms with Crippen molar-refractivity contribution >= 4 is 28.6 Å². The number of aliphatic carboxylic acids is 1. The maximum atomic E-state index is 12.8. The molecule has 0 aliphatic carbocycles. The highest BCUT2D eigenvalue weighted by molar-refractivity contribution is 5.98. The van der Waals surface area contributed by atoms with Crippen molar-refractivity contribution in [3.8, 4) is 11.6 Å². The van der Waals surface area contributed by atoms with E-state index < -0.39 is 5.97 Å². The largest absolute Gasteiger partial charge is 0.480 e. The number of carbonyl (C=O) groups is 2. The van der Waals surface area contributed by atoms with Gasteiger partial charge in [-0.15, -0.1) is 0 Å². The number of aryl methyl sites for hydroxylation is 1. The molecule has 4 aromatic rings. The lowest BCUT2D eigenvalue weighted by atomic mass is 10.2. The van der Waals surface area contributed by atoms with E-state index in [2.05, 4.69) is 15.3 Å². The summed E-state index contributed by atoms with van der Waals surface area (Å²) < 4.78 is 7.58. The van der Waals surface area contributed by atoms with Gasteiger partial charge in [-0.1, -0.05) is 12.1 Å². The molecule has 1 aliphatic rings. The number of aromatic nitrogens is 3. The van der Waals surface area contributed by atoms with Crippen molar-refractivity contribution in [2.24, 2.45) is 0 Å². The number of nitrogens with one attached hydrogen (secondary N) is 1. The Morgan fingerprint density at radius 3 is 2.82 bits per heavy atom. The molecule has 1 aliphatic heterocycles. The summed E-state index contributed by atoms with van der Waals surface area (Å²) in [6, 6.07) is 14.6. The van der Waals surface area contributed by atoms with E-state index in [-0.39, 0.29) is 12.6 Å². The van der Waals surface area contributed by atoms with Crippen LogP contribution in [0.3, 0.4) is 0 Å². The molecule has 33 heavy (non-hydrogen) atoms. The van der Waals surface area contributed by atoms with E-state index in [4.69, 9.17) is 9.84 Å². The van der Waals surface area contributed by atoms with Crippen LogP contribution >= 0.6 is 0 Å². The second-order valence-corrected chi connectivity index (χ2v) is 7.95. The molecule has 0 unspecified atom stereocenters. The number of carboxylic acids is 1. The third-order valence-electron chi connectivity index (χ3n) is 5.47. The van der Waals surface area contributed by atoms with Gasteiger partial charge in [-0.3, -0.25) is 14.3 Å². The number of rotatable bonds is 5. The van der Waals surface area contributed by atoms with Crippen molar-refractivity contribution < 1.29 is 19.4 Å². The van der Waals surface area contributed by atoms with Gasteiger partial charge in [0.1, 0.15) is 12.1 Å². The number of carbonyl (C=O) groups excluding carboxylic acids is 1. The van der Waals surface area contributed by atoms with Crippen LogP contribution in [0.15, 0.2) is 61.1 Å². The van der Waals surface area contributed by atoms with E-state index in [1.807, 2.05) is 49.4 Å². The predicted octanol–water partition coefficient (Wildman–Crippen LogP) is 4.01. The maximum absolute atomic E-state index is 12.8. The lowest BCUT2D eigenvalue weighted by molar-refractivity contribution is -0.138. The first-order valence-corrected chi connectivity index (χ1v) is 10.4. The summed E-state index contributed by atoms with van der Waals surface area (Å²) in [5, 5.41) is 12.8. The number of benzene rings is 2. The van der Waals surface area contributed by atoms with E-state index in [0.717, 1.165) is 33.4 Å². The van der Waals surface area contributed by atoms with Crippen molar-refractivity contribution in [1.82, 2.24) is 19.4 Å². The number of carboxylic acid groups (broad SMARTS) is 1. The number of nitrogens with zero attached hydrogens (tertiary/aromatic N) is 4. The summed E-state index contributed by atoms with van der Waals surface area (Å²) in [7, 11) is 0. The number of anilines is 1. The van der Waals surface area contributed by atoms with Crippen LogP contribution in [-0.2, 0) is 17.9 Å². The molecule has 2 aromatic heterocycles. The third kappa shape index (κ3) is 4.26. The zero-order valence-corrected chi connectivity index (χ0v) is 17.9. The minimum atomic E-state index is -0.889. The monoisotopic (exact) mass is 443 g/mol. The summed E-state index contributed by atoms with van der Waals surface area (Å²) in [5.74, 6) is 0.0837. The Morgan fingerprint density at radius 1 is 1.12 bits per heavy atom. The average Bonchev–Trinajstić information content (AvgIpc) is 3.37. The molecule has 0 bridgehead atoms. The number of ether oxygens (including phenoxy) is 1. The highest BCUT2D eigenvalue weighted by Gasteiger charge is 2.26. The second-order valence-electron chi connectivity index (χ2n) is 7.95. The normalized spacial score (nSPS) is 13.1. The summed E-state index contributed by atoms with van der Waals surface area (Å²) in [5.41, 5.74) is 4.09. The van der Waals surface area contributed by atoms with Gasteiger partial charge < -0.3 is 15.2 Å². The molecule has 2 aromatic carbocycles. The molecule has 5 rings (SSSR count). The van der Waals surface area contributed by atoms with Crippen molar-refractivity contribution in [3.05, 3.63) is 77.9 Å². The fraction of sp³-hybridized carbons (Fsp3) is 0.167. The number of hydrogen-bond acceptors (Lipinski definition) is 6. The molecular weight excluding hydrogens is 422 g/mol. The van der Waals surface area contributed by atoms with Gasteiger partial charge in [0, 0.05) is 30.4 Å². The number of fused-ring (bicyclic) bond motifs is 2. The topological polar surface area (TPSA) is 110 Å². The molecule has 9 heteroatoms. The Hall–Kier alpha value is -4.24. The molecule has 0 atom stereocenters. The first kappa shape index (κ1) is 20.7. The first-order valence-electron chi connectivity index (χ1n) is 10.4. The van der Waals surface area contributed by atoms with Crippen LogP contribution in [0.25, 0.3) is 10.9 Å². The van der Waals surface area contributed by atoms with Crippen molar-refractivity contribution in [3.63, 3.8) is 0 Å². The lowest BCUT2D eigenvalue weighted by Gasteiger charge is -2.11. The van der Waals surface area contributed by atoms with E-state index in [1.165, 1.54) is 6.33 Å². The highest BCUT2D eigenvalue weighted by atomic mass is 16.5. The van der Waals surface area contributed by atoms with E-state index in [1.54, 1.807) is 21.7 Å². The zero-order valence-electron chi connectivity index (χ0n) is 17.9. The van der Waals surface area contributed by atoms with E-state index in [0.29, 0.717) is 24.7 Å². The standard InChI is InChI=1S/C24H21N5O4/c1-15-3-2-4-17(9-15)27-24(32)29-8-7-16-10-18(5-6-21(16)29)33-23-19-11-28(13-22(30)31)12-20(19)25-14-26-23/h2-10,14H,11-13H2,1H3,(H,27,32)(H,30,31). The van der Waals surface area contributed by atoms with Crippen LogP contribution < -0.4 is 10.1 Å². The van der Waals surface area contributed by atoms with E-state index in [9.17, 15) is 9.59 Å². The quantitative estimate of drug-likeness (QED) is 0.480. The zero-order chi connectivity index (χ0) is 22.9. The van der Waals surface area contributed by atoms with Gasteiger partial charge in [-0.25, -0.2) is 14.8 Å². The highest BCUT2D eigenvalue weighted by Crippen LogP contribution is 2.32. The molecular formula is C24H21N5O4. The van der Waals surface area contributed by atoms with Crippen molar-refractivity contribution in [1.29, 1.82) is 0 Å². The van der Waals surface area contributed by atoms with Gasteiger partial charge in [-0.2, -0.15) is 0 Å². The third-order valence-corrected chi connectivity index (χ3v) is 5.47. The SMILES string of the molecule is Cc1cccc(NC(=O)n2ccc3cc(Oc4ncnc5c4CN(CC(=O)O)C5)ccc32)c1. The fourth-order valence-corrected chi connectivity index (χ4v) is 3.99. The predicted molar refractivity (Wildman–Crippen MR) is 121 cm³/mol. The smallest absolute Gasteiger partial charge is 0.330 e. The van der Waals surface area contributed by atoms with Crippen LogP contribution in [0.5, 0.6) is 11.6 Å². The molecule has 0 saturated heterocycles. The molecule has 0 fully saturated rings. The Labute approximate surface area is 189 Å². The Morgan fingerprint density at radius 2 is 2.00 bits per heavy atom. The maximum Gasteiger partial charge on any atom is 0.330 e. The molecule has 3 heterocycles. The summed E-state index contributed by atoms with van der Waals surface area (Å²) >= 11 is 0. The minimum absolute atomic E-state index is 0.0696. The van der Waals surface area contributed by atoms with Gasteiger partial charge in [0.2, 0.25) is 5.88 Å². The van der Waals surface area contributed by atoms with Gasteiger partial charge in [0.15, 0.2) is 0 Å². The Balaban J connectivity index is 1.35. The average molecular weight is 443 g/mol. The molecule has 0 spiro atoms. The van der Waals surface area contributed by atoms with Gasteiger partial charge >= 0.3 is 12.0 Å². The summed E-state index contributed by atoms with van der Waals surface area (Å²) in [6.45, 7) is 2.76. The molecule has 0 saturated carbocycles. The molecule has 9 nitrogen and oxygen atoms in total. The van der Waals surface area contributed by atoms with Gasteiger partial charge in [0.25, 0.3) is 0 Å². The first-order chi connectivity index (χ1) is 16.0. The van der Waals surface area contributed by atoms with Crippen molar-refractivity contribution in [2.75, 3.05) is 11.9 Å². The van der Waals surface area contributed by atoms with Gasteiger partial charge in [-0.05, 0) is 48.9 Å². The fourth-order valence-electron chi connectivity index (χ4n) is 3.99. The molecule has 2 N–H and O–H groups in total. The lowest BCUT2D eigenvalue weighted by Crippen LogP contribution is -2.24. The van der Waals surface area contributed by atoms with Crippen LogP contribution in [0.2, 0.25) is 0 Å². The Bertz CT molecular complexity index is 1380. The van der Waals surface area contributed by atoms with Crippen LogP contribution in [0, 0.1) is 6.92 Å².